The molecular weight excluding hydrogens is 468 g/mol. The standard InChI is InChI=1S/C39H24/c1-2-12-27-23-35-34(22-26(27)11-1)37(31-21-8-14-24-10-3-4-16-28(24)31)38-33-18-6-5-17-32(33)36(39(35)38)30-20-9-15-25-13-7-19-29(25)30/h1-12,14-23H,13H2. The van der Waals surface area contributed by atoms with Crippen LogP contribution in [0.25, 0.3) is 49.9 Å². The van der Waals surface area contributed by atoms with Crippen molar-refractivity contribution in [2.24, 2.45) is 0 Å². The normalized spacial score (nSPS) is 14.8. The molecule has 0 aromatic heterocycles. The topological polar surface area (TPSA) is 0 Å². The molecule has 0 radical (unpaired) electrons. The van der Waals surface area contributed by atoms with Crippen molar-refractivity contribution in [2.45, 2.75) is 6.42 Å². The second-order valence-corrected chi connectivity index (χ2v) is 10.8. The van der Waals surface area contributed by atoms with Crippen LogP contribution in [0.5, 0.6) is 0 Å². The van der Waals surface area contributed by atoms with Gasteiger partial charge in [0.15, 0.2) is 0 Å². The fourth-order valence-electron chi connectivity index (χ4n) is 7.14. The van der Waals surface area contributed by atoms with Crippen LogP contribution in [0.2, 0.25) is 0 Å². The Bertz CT molecular complexity index is 2120. The molecule has 0 heterocycles. The average Bonchev–Trinajstić information content (AvgIpc) is 3.68. The van der Waals surface area contributed by atoms with E-state index in [-0.39, 0.29) is 0 Å². The van der Waals surface area contributed by atoms with Crippen LogP contribution in [0.15, 0.2) is 127 Å². The minimum atomic E-state index is 1.01. The molecule has 39 heavy (non-hydrogen) atoms. The van der Waals surface area contributed by atoms with E-state index in [1.54, 1.807) is 0 Å². The van der Waals surface area contributed by atoms with E-state index >= 15 is 0 Å². The molecule has 3 aliphatic rings. The van der Waals surface area contributed by atoms with Crippen molar-refractivity contribution in [1.82, 2.24) is 0 Å². The van der Waals surface area contributed by atoms with Gasteiger partial charge in [-0.2, -0.15) is 0 Å². The quantitative estimate of drug-likeness (QED) is 0.226. The van der Waals surface area contributed by atoms with Crippen LogP contribution in [0.3, 0.4) is 0 Å². The fourth-order valence-corrected chi connectivity index (χ4v) is 7.14. The largest absolute Gasteiger partial charge is 0.0795 e. The van der Waals surface area contributed by atoms with Crippen LogP contribution in [-0.4, -0.2) is 0 Å². The molecular formula is C39H24. The van der Waals surface area contributed by atoms with E-state index in [1.807, 2.05) is 0 Å². The lowest BCUT2D eigenvalue weighted by Crippen LogP contribution is -1.96. The highest BCUT2D eigenvalue weighted by Crippen LogP contribution is 2.59. The minimum absolute atomic E-state index is 1.01. The van der Waals surface area contributed by atoms with Crippen molar-refractivity contribution in [3.63, 3.8) is 0 Å². The van der Waals surface area contributed by atoms with Gasteiger partial charge < -0.3 is 0 Å². The van der Waals surface area contributed by atoms with E-state index in [9.17, 15) is 0 Å². The monoisotopic (exact) mass is 492 g/mol. The van der Waals surface area contributed by atoms with Gasteiger partial charge in [-0.3, -0.25) is 0 Å². The summed E-state index contributed by atoms with van der Waals surface area (Å²) in [5.41, 5.74) is 16.3. The Morgan fingerprint density at radius 3 is 1.74 bits per heavy atom. The minimum Gasteiger partial charge on any atom is -0.0795 e. The van der Waals surface area contributed by atoms with Gasteiger partial charge in [-0.05, 0) is 107 Å². The van der Waals surface area contributed by atoms with Gasteiger partial charge in [0.1, 0.15) is 0 Å². The predicted octanol–water partition coefficient (Wildman–Crippen LogP) is 9.81. The maximum absolute atomic E-state index is 2.43. The molecule has 180 valence electrons. The molecule has 0 saturated carbocycles. The van der Waals surface area contributed by atoms with Crippen molar-refractivity contribution in [2.75, 3.05) is 0 Å². The zero-order chi connectivity index (χ0) is 25.5. The average molecular weight is 493 g/mol. The van der Waals surface area contributed by atoms with Gasteiger partial charge in [0.05, 0.1) is 0 Å². The van der Waals surface area contributed by atoms with E-state index in [4.69, 9.17) is 0 Å². The highest BCUT2D eigenvalue weighted by molar-refractivity contribution is 6.37. The third-order valence-electron chi connectivity index (χ3n) is 8.79. The Labute approximate surface area is 227 Å². The Hall–Kier alpha value is -4.94. The molecule has 0 bridgehead atoms. The van der Waals surface area contributed by atoms with Gasteiger partial charge in [-0.25, -0.2) is 0 Å². The number of allylic oxidation sites excluding steroid dienone is 3. The lowest BCUT2D eigenvalue weighted by molar-refractivity contribution is 1.30. The first kappa shape index (κ1) is 21.0. The van der Waals surface area contributed by atoms with Crippen molar-refractivity contribution in [3.8, 4) is 0 Å². The summed E-state index contributed by atoms with van der Waals surface area (Å²) < 4.78 is 0. The molecule has 0 fully saturated rings. The Balaban J connectivity index is 1.49. The number of hydrogen-bond donors (Lipinski definition) is 0. The molecule has 0 aliphatic heterocycles. The van der Waals surface area contributed by atoms with Gasteiger partial charge in [-0.1, -0.05) is 121 Å². The zero-order valence-corrected chi connectivity index (χ0v) is 21.4. The van der Waals surface area contributed by atoms with Crippen molar-refractivity contribution in [3.05, 3.63) is 172 Å². The van der Waals surface area contributed by atoms with E-state index in [1.165, 1.54) is 88.3 Å². The van der Waals surface area contributed by atoms with Crippen LogP contribution in [0.4, 0.5) is 0 Å². The summed E-state index contributed by atoms with van der Waals surface area (Å²) in [5, 5.41) is 5.15. The summed E-state index contributed by atoms with van der Waals surface area (Å²) in [5.74, 6) is 0. The van der Waals surface area contributed by atoms with E-state index < -0.39 is 0 Å². The first-order chi connectivity index (χ1) is 19.4. The molecule has 3 aliphatic carbocycles. The molecule has 0 N–H and O–H groups in total. The zero-order valence-electron chi connectivity index (χ0n) is 21.4. The van der Waals surface area contributed by atoms with E-state index in [0.717, 1.165) is 6.42 Å². The molecule has 6 aromatic carbocycles. The summed E-state index contributed by atoms with van der Waals surface area (Å²) in [4.78, 5) is 0. The second kappa shape index (κ2) is 7.79. The predicted molar refractivity (Wildman–Crippen MR) is 165 cm³/mol. The summed E-state index contributed by atoms with van der Waals surface area (Å²) in [6, 6.07) is 45.1. The maximum atomic E-state index is 2.43. The van der Waals surface area contributed by atoms with Gasteiger partial charge in [0.2, 0.25) is 0 Å². The molecule has 0 spiro atoms. The van der Waals surface area contributed by atoms with E-state index in [2.05, 4.69) is 133 Å². The summed E-state index contributed by atoms with van der Waals surface area (Å²) in [6.07, 6.45) is 5.64. The molecule has 0 atom stereocenters. The van der Waals surface area contributed by atoms with Crippen LogP contribution in [-0.2, 0) is 6.42 Å². The molecule has 0 saturated heterocycles. The van der Waals surface area contributed by atoms with Crippen LogP contribution < -0.4 is 0 Å². The number of fused-ring (bicyclic) bond motifs is 8. The molecule has 9 rings (SSSR count). The second-order valence-electron chi connectivity index (χ2n) is 10.8. The third kappa shape index (κ3) is 2.84. The van der Waals surface area contributed by atoms with Gasteiger partial charge in [0.25, 0.3) is 0 Å². The Morgan fingerprint density at radius 1 is 0.385 bits per heavy atom. The van der Waals surface area contributed by atoms with Crippen molar-refractivity contribution in [1.29, 1.82) is 0 Å². The lowest BCUT2D eigenvalue weighted by Gasteiger charge is -2.15. The van der Waals surface area contributed by atoms with Gasteiger partial charge >= 0.3 is 0 Å². The van der Waals surface area contributed by atoms with Crippen molar-refractivity contribution >= 4 is 49.9 Å². The smallest absolute Gasteiger partial charge is 0.000719 e. The first-order valence-corrected chi connectivity index (χ1v) is 13.8. The number of rotatable bonds is 2. The summed E-state index contributed by atoms with van der Waals surface area (Å²) in [7, 11) is 0. The molecule has 0 heteroatoms. The van der Waals surface area contributed by atoms with Crippen LogP contribution in [0, 0.1) is 0 Å². The number of benzene rings is 6. The molecule has 6 aromatic rings. The Morgan fingerprint density at radius 2 is 0.923 bits per heavy atom. The Kier molecular flexibility index (Phi) is 4.20. The van der Waals surface area contributed by atoms with Crippen LogP contribution >= 0.6 is 0 Å². The first-order valence-electron chi connectivity index (χ1n) is 13.8. The number of hydrogen-bond acceptors (Lipinski definition) is 0. The highest BCUT2D eigenvalue weighted by Gasteiger charge is 2.38. The highest BCUT2D eigenvalue weighted by atomic mass is 14.4. The summed E-state index contributed by atoms with van der Waals surface area (Å²) in [6.45, 7) is 0. The van der Waals surface area contributed by atoms with Crippen LogP contribution in [0.1, 0.15) is 44.5 Å². The molecule has 0 amide bonds. The lowest BCUT2D eigenvalue weighted by atomic mass is 9.88. The fraction of sp³-hybridized carbons (Fsp3) is 0.0256. The van der Waals surface area contributed by atoms with Gasteiger partial charge in [-0.15, -0.1) is 0 Å². The molecule has 0 nitrogen and oxygen atoms in total. The van der Waals surface area contributed by atoms with Crippen molar-refractivity contribution < 1.29 is 0 Å². The van der Waals surface area contributed by atoms with Gasteiger partial charge in [0, 0.05) is 0 Å². The summed E-state index contributed by atoms with van der Waals surface area (Å²) >= 11 is 0. The SMILES string of the molecule is C1=Cc2c(cccc2C2=C3C(=C(c4cccc5ccccc45)c4cc5ccccc5cc43)c3ccccc32)C1. The van der Waals surface area contributed by atoms with E-state index in [0.29, 0.717) is 0 Å². The maximum Gasteiger partial charge on any atom is -0.000719 e. The molecule has 0 unspecified atom stereocenters. The third-order valence-corrected chi connectivity index (χ3v) is 8.79.